The molecular weight excluding hydrogens is 206 g/mol. The molecule has 0 bridgehead atoms. The van der Waals surface area contributed by atoms with Crippen molar-refractivity contribution < 1.29 is 14.6 Å². The molecule has 16 heavy (non-hydrogen) atoms. The third-order valence-electron chi connectivity index (χ3n) is 2.07. The molecule has 0 aromatic heterocycles. The number of benzene rings is 1. The maximum absolute atomic E-state index is 11.0. The van der Waals surface area contributed by atoms with Crippen molar-refractivity contribution in [3.05, 3.63) is 35.9 Å². The van der Waals surface area contributed by atoms with Crippen LogP contribution in [0.25, 0.3) is 0 Å². The summed E-state index contributed by atoms with van der Waals surface area (Å²) in [7, 11) is 0. The molecule has 2 N–H and O–H groups in total. The van der Waals surface area contributed by atoms with Crippen molar-refractivity contribution in [1.29, 1.82) is 0 Å². The molecule has 0 saturated heterocycles. The Kier molecular flexibility index (Phi) is 6.03. The molecule has 4 nitrogen and oxygen atoms in total. The summed E-state index contributed by atoms with van der Waals surface area (Å²) < 4.78 is 4.90. The van der Waals surface area contributed by atoms with Gasteiger partial charge in [-0.05, 0) is 18.4 Å². The monoisotopic (exact) mass is 223 g/mol. The van der Waals surface area contributed by atoms with Crippen molar-refractivity contribution in [2.45, 2.75) is 12.8 Å². The van der Waals surface area contributed by atoms with Crippen molar-refractivity contribution in [2.24, 2.45) is 0 Å². The first-order chi connectivity index (χ1) is 7.83. The van der Waals surface area contributed by atoms with Gasteiger partial charge in [0.25, 0.3) is 0 Å². The number of rotatable bonds is 6. The molecule has 4 heteroatoms. The average Bonchev–Trinajstić information content (AvgIpc) is 2.33. The molecule has 0 radical (unpaired) electrons. The lowest BCUT2D eigenvalue weighted by atomic mass is 10.1. The number of hydrogen-bond donors (Lipinski definition) is 2. The average molecular weight is 223 g/mol. The summed E-state index contributed by atoms with van der Waals surface area (Å²) in [6.45, 7) is 0.558. The van der Waals surface area contributed by atoms with Crippen LogP contribution in [0.15, 0.2) is 30.3 Å². The van der Waals surface area contributed by atoms with Gasteiger partial charge in [-0.25, -0.2) is 4.79 Å². The summed E-state index contributed by atoms with van der Waals surface area (Å²) in [6, 6.07) is 10.0. The van der Waals surface area contributed by atoms with Gasteiger partial charge in [0.05, 0.1) is 13.2 Å². The van der Waals surface area contributed by atoms with Crippen LogP contribution >= 0.6 is 0 Å². The van der Waals surface area contributed by atoms with Crippen LogP contribution in [-0.4, -0.2) is 31.0 Å². The second-order valence-electron chi connectivity index (χ2n) is 3.38. The smallest absolute Gasteiger partial charge is 0.407 e. The molecule has 1 rings (SSSR count). The normalized spacial score (nSPS) is 9.81. The molecular formula is C12H17NO3. The number of aliphatic hydroxyl groups excluding tert-OH is 1. The van der Waals surface area contributed by atoms with Gasteiger partial charge < -0.3 is 15.2 Å². The molecule has 0 unspecified atom stereocenters. The fourth-order valence-corrected chi connectivity index (χ4v) is 1.29. The van der Waals surface area contributed by atoms with Gasteiger partial charge >= 0.3 is 6.09 Å². The van der Waals surface area contributed by atoms with Crippen molar-refractivity contribution >= 4 is 6.09 Å². The minimum absolute atomic E-state index is 0.0703. The van der Waals surface area contributed by atoms with Gasteiger partial charge in [-0.15, -0.1) is 0 Å². The maximum atomic E-state index is 11.0. The van der Waals surface area contributed by atoms with Gasteiger partial charge in [0, 0.05) is 6.54 Å². The highest BCUT2D eigenvalue weighted by molar-refractivity contribution is 5.66. The first-order valence-corrected chi connectivity index (χ1v) is 5.38. The van der Waals surface area contributed by atoms with E-state index in [4.69, 9.17) is 9.84 Å². The molecule has 0 atom stereocenters. The first kappa shape index (κ1) is 12.5. The van der Waals surface area contributed by atoms with E-state index in [2.05, 4.69) is 5.32 Å². The molecule has 0 saturated carbocycles. The molecule has 0 aliphatic carbocycles. The Hall–Kier alpha value is -1.55. The van der Waals surface area contributed by atoms with E-state index in [-0.39, 0.29) is 13.2 Å². The highest BCUT2D eigenvalue weighted by Crippen LogP contribution is 2.02. The van der Waals surface area contributed by atoms with E-state index in [1.54, 1.807) is 0 Å². The van der Waals surface area contributed by atoms with Gasteiger partial charge in [-0.3, -0.25) is 0 Å². The number of hydrogen-bond acceptors (Lipinski definition) is 3. The standard InChI is InChI=1S/C12H17NO3/c14-9-8-13-12(15)16-10-4-7-11-5-2-1-3-6-11/h1-3,5-6,14H,4,7-10H2,(H,13,15). The first-order valence-electron chi connectivity index (χ1n) is 5.38. The number of amides is 1. The van der Waals surface area contributed by atoms with Crippen LogP contribution in [0.4, 0.5) is 4.79 Å². The van der Waals surface area contributed by atoms with Gasteiger partial charge in [0.2, 0.25) is 0 Å². The van der Waals surface area contributed by atoms with Gasteiger partial charge in [0.15, 0.2) is 0 Å². The largest absolute Gasteiger partial charge is 0.450 e. The van der Waals surface area contributed by atoms with E-state index >= 15 is 0 Å². The summed E-state index contributed by atoms with van der Waals surface area (Å²) in [6.07, 6.45) is 1.23. The fraction of sp³-hybridized carbons (Fsp3) is 0.417. The molecule has 88 valence electrons. The van der Waals surface area contributed by atoms with Crippen molar-refractivity contribution in [1.82, 2.24) is 5.32 Å². The minimum atomic E-state index is -0.470. The predicted octanol–water partition coefficient (Wildman–Crippen LogP) is 1.34. The molecule has 0 fully saturated rings. The highest BCUT2D eigenvalue weighted by atomic mass is 16.5. The van der Waals surface area contributed by atoms with Gasteiger partial charge in [-0.1, -0.05) is 30.3 Å². The zero-order chi connectivity index (χ0) is 11.6. The molecule has 1 amide bonds. The van der Waals surface area contributed by atoms with Crippen molar-refractivity contribution in [2.75, 3.05) is 19.8 Å². The van der Waals surface area contributed by atoms with Crippen LogP contribution in [-0.2, 0) is 11.2 Å². The Morgan fingerprint density at radius 2 is 2.06 bits per heavy atom. The number of alkyl carbamates (subject to hydrolysis) is 1. The van der Waals surface area contributed by atoms with Gasteiger partial charge in [0.1, 0.15) is 0 Å². The maximum Gasteiger partial charge on any atom is 0.407 e. The van der Waals surface area contributed by atoms with Crippen LogP contribution in [0.5, 0.6) is 0 Å². The molecule has 1 aromatic carbocycles. The molecule has 0 heterocycles. The van der Waals surface area contributed by atoms with Crippen LogP contribution in [0.1, 0.15) is 12.0 Å². The lowest BCUT2D eigenvalue weighted by Gasteiger charge is -2.05. The number of carbonyl (C=O) groups is 1. The Morgan fingerprint density at radius 3 is 2.75 bits per heavy atom. The predicted molar refractivity (Wildman–Crippen MR) is 61.2 cm³/mol. The van der Waals surface area contributed by atoms with E-state index in [0.29, 0.717) is 6.61 Å². The van der Waals surface area contributed by atoms with E-state index in [1.165, 1.54) is 5.56 Å². The number of carbonyl (C=O) groups excluding carboxylic acids is 1. The second-order valence-corrected chi connectivity index (χ2v) is 3.38. The minimum Gasteiger partial charge on any atom is -0.450 e. The second kappa shape index (κ2) is 7.70. The summed E-state index contributed by atoms with van der Waals surface area (Å²) in [5, 5.41) is 10.9. The summed E-state index contributed by atoms with van der Waals surface area (Å²) in [5.74, 6) is 0. The van der Waals surface area contributed by atoms with Crippen LogP contribution < -0.4 is 5.32 Å². The molecule has 1 aromatic rings. The van der Waals surface area contributed by atoms with E-state index in [9.17, 15) is 4.79 Å². The quantitative estimate of drug-likeness (QED) is 0.715. The Labute approximate surface area is 95.2 Å². The summed E-state index contributed by atoms with van der Waals surface area (Å²) >= 11 is 0. The Bertz CT molecular complexity index is 300. The Morgan fingerprint density at radius 1 is 1.31 bits per heavy atom. The highest BCUT2D eigenvalue weighted by Gasteiger charge is 1.99. The van der Waals surface area contributed by atoms with E-state index in [1.807, 2.05) is 30.3 Å². The lowest BCUT2D eigenvalue weighted by molar-refractivity contribution is 0.142. The number of nitrogens with one attached hydrogen (secondary N) is 1. The van der Waals surface area contributed by atoms with E-state index in [0.717, 1.165) is 12.8 Å². The topological polar surface area (TPSA) is 58.6 Å². The molecule has 0 aliphatic heterocycles. The fourth-order valence-electron chi connectivity index (χ4n) is 1.29. The lowest BCUT2D eigenvalue weighted by Crippen LogP contribution is -2.27. The van der Waals surface area contributed by atoms with E-state index < -0.39 is 6.09 Å². The molecule has 0 spiro atoms. The summed E-state index contributed by atoms with van der Waals surface area (Å²) in [5.41, 5.74) is 1.24. The SMILES string of the molecule is O=C(NCCO)OCCCc1ccccc1. The van der Waals surface area contributed by atoms with Gasteiger partial charge in [-0.2, -0.15) is 0 Å². The molecule has 0 aliphatic rings. The number of aliphatic hydroxyl groups is 1. The third-order valence-corrected chi connectivity index (χ3v) is 2.07. The van der Waals surface area contributed by atoms with Crippen molar-refractivity contribution in [3.8, 4) is 0 Å². The zero-order valence-corrected chi connectivity index (χ0v) is 9.19. The number of ether oxygens (including phenoxy) is 1. The third kappa shape index (κ3) is 5.36. The summed E-state index contributed by atoms with van der Waals surface area (Å²) in [4.78, 5) is 11.0. The van der Waals surface area contributed by atoms with Crippen LogP contribution in [0, 0.1) is 0 Å². The van der Waals surface area contributed by atoms with Crippen LogP contribution in [0.2, 0.25) is 0 Å². The van der Waals surface area contributed by atoms with Crippen molar-refractivity contribution in [3.63, 3.8) is 0 Å². The Balaban J connectivity index is 2.06. The number of aryl methyl sites for hydroxylation is 1. The van der Waals surface area contributed by atoms with Crippen LogP contribution in [0.3, 0.4) is 0 Å². The zero-order valence-electron chi connectivity index (χ0n) is 9.19.